The van der Waals surface area contributed by atoms with Crippen LogP contribution in [0.2, 0.25) is 0 Å². The van der Waals surface area contributed by atoms with Crippen LogP contribution in [0.1, 0.15) is 39.5 Å². The molecule has 10 heavy (non-hydrogen) atoms. The Hall–Kier alpha value is 0.580. The van der Waals surface area contributed by atoms with Crippen LogP contribution in [0.5, 0.6) is 0 Å². The lowest BCUT2D eigenvalue weighted by Gasteiger charge is -2.09. The number of hydrogen-bond donors (Lipinski definition) is 0. The molecule has 0 aliphatic heterocycles. The fourth-order valence-electron chi connectivity index (χ4n) is 0.819. The highest BCUT2D eigenvalue weighted by Gasteiger charge is 2.09. The number of halogens is 2. The molecule has 0 aliphatic carbocycles. The second kappa shape index (κ2) is 6.30. The van der Waals surface area contributed by atoms with Gasteiger partial charge >= 0.3 is 0 Å². The monoisotopic (exact) mass is 182 g/mol. The zero-order chi connectivity index (χ0) is 7.98. The van der Waals surface area contributed by atoms with Crippen LogP contribution in [0.15, 0.2) is 0 Å². The maximum atomic E-state index is 5.92. The molecular weight excluding hydrogens is 167 g/mol. The molecule has 0 nitrogen and oxygen atoms in total. The number of rotatable bonds is 5. The largest absolute Gasteiger partial charge is 0.122 e. The lowest BCUT2D eigenvalue weighted by atomic mass is 10.1. The zero-order valence-corrected chi connectivity index (χ0v) is 8.25. The first-order valence-corrected chi connectivity index (χ1v) is 4.84. The first-order chi connectivity index (χ1) is 4.68. The predicted molar refractivity (Wildman–Crippen MR) is 49.1 cm³/mol. The maximum absolute atomic E-state index is 5.92. The molecule has 2 atom stereocenters. The topological polar surface area (TPSA) is 0 Å². The van der Waals surface area contributed by atoms with Crippen molar-refractivity contribution in [3.05, 3.63) is 0 Å². The fourth-order valence-corrected chi connectivity index (χ4v) is 1.10. The molecule has 0 aromatic rings. The van der Waals surface area contributed by atoms with Crippen molar-refractivity contribution in [2.24, 2.45) is 0 Å². The molecule has 0 amide bonds. The van der Waals surface area contributed by atoms with Crippen LogP contribution in [0, 0.1) is 0 Å². The van der Waals surface area contributed by atoms with E-state index in [2.05, 4.69) is 6.92 Å². The molecule has 0 saturated carbocycles. The van der Waals surface area contributed by atoms with E-state index in [0.717, 1.165) is 6.42 Å². The van der Waals surface area contributed by atoms with Gasteiger partial charge < -0.3 is 0 Å². The van der Waals surface area contributed by atoms with Gasteiger partial charge in [0.1, 0.15) is 0 Å². The zero-order valence-electron chi connectivity index (χ0n) is 6.74. The van der Waals surface area contributed by atoms with E-state index in [-0.39, 0.29) is 10.8 Å². The van der Waals surface area contributed by atoms with Crippen LogP contribution in [-0.4, -0.2) is 10.8 Å². The molecule has 2 heteroatoms. The molecule has 0 aliphatic rings. The summed E-state index contributed by atoms with van der Waals surface area (Å²) < 4.78 is 0. The van der Waals surface area contributed by atoms with Gasteiger partial charge in [-0.25, -0.2) is 0 Å². The van der Waals surface area contributed by atoms with Gasteiger partial charge in [-0.15, -0.1) is 23.2 Å². The van der Waals surface area contributed by atoms with E-state index in [1.165, 1.54) is 19.3 Å². The second-order valence-electron chi connectivity index (χ2n) is 2.69. The van der Waals surface area contributed by atoms with Gasteiger partial charge in [-0.1, -0.05) is 26.2 Å². The normalized spacial score (nSPS) is 16.8. The van der Waals surface area contributed by atoms with Crippen molar-refractivity contribution >= 4 is 23.2 Å². The molecule has 62 valence electrons. The first-order valence-electron chi connectivity index (χ1n) is 3.96. The molecule has 0 N–H and O–H groups in total. The lowest BCUT2D eigenvalue weighted by Crippen LogP contribution is -2.10. The van der Waals surface area contributed by atoms with E-state index in [4.69, 9.17) is 23.2 Å². The SMILES string of the molecule is CCCCC[C@H](Cl)[C@H](C)Cl. The third-order valence-electron chi connectivity index (χ3n) is 1.58. The summed E-state index contributed by atoms with van der Waals surface area (Å²) in [6, 6.07) is 0. The Bertz CT molecular complexity index is 71.7. The van der Waals surface area contributed by atoms with Crippen LogP contribution in [-0.2, 0) is 0 Å². The summed E-state index contributed by atoms with van der Waals surface area (Å²) in [5.41, 5.74) is 0. The standard InChI is InChI=1S/C8H16Cl2/c1-3-4-5-6-8(10)7(2)9/h7-8H,3-6H2,1-2H3/t7-,8-/m0/s1. The fraction of sp³-hybridized carbons (Fsp3) is 1.00. The highest BCUT2D eigenvalue weighted by molar-refractivity contribution is 6.29. The predicted octanol–water partition coefficient (Wildman–Crippen LogP) is 3.80. The van der Waals surface area contributed by atoms with Crippen LogP contribution in [0.3, 0.4) is 0 Å². The molecule has 0 rings (SSSR count). The molecule has 0 heterocycles. The van der Waals surface area contributed by atoms with Gasteiger partial charge in [-0.05, 0) is 13.3 Å². The van der Waals surface area contributed by atoms with Crippen molar-refractivity contribution < 1.29 is 0 Å². The molecule has 0 aromatic heterocycles. The average molecular weight is 183 g/mol. The van der Waals surface area contributed by atoms with E-state index >= 15 is 0 Å². The summed E-state index contributed by atoms with van der Waals surface area (Å²) in [7, 11) is 0. The molecule has 0 spiro atoms. The Morgan fingerprint density at radius 1 is 1.20 bits per heavy atom. The first kappa shape index (κ1) is 10.6. The summed E-state index contributed by atoms with van der Waals surface area (Å²) in [5, 5.41) is 0.270. The Labute approximate surface area is 73.9 Å². The second-order valence-corrected chi connectivity index (χ2v) is 3.94. The van der Waals surface area contributed by atoms with E-state index in [9.17, 15) is 0 Å². The van der Waals surface area contributed by atoms with Crippen molar-refractivity contribution in [1.82, 2.24) is 0 Å². The molecular formula is C8H16Cl2. The highest BCUT2D eigenvalue weighted by Crippen LogP contribution is 2.16. The van der Waals surface area contributed by atoms with Gasteiger partial charge in [0.05, 0.1) is 0 Å². The molecule has 0 unspecified atom stereocenters. The molecule has 0 aromatic carbocycles. The quantitative estimate of drug-likeness (QED) is 0.449. The number of alkyl halides is 2. The smallest absolute Gasteiger partial charge is 0.0497 e. The lowest BCUT2D eigenvalue weighted by molar-refractivity contribution is 0.634. The van der Waals surface area contributed by atoms with Gasteiger partial charge in [-0.2, -0.15) is 0 Å². The van der Waals surface area contributed by atoms with Gasteiger partial charge in [-0.3, -0.25) is 0 Å². The van der Waals surface area contributed by atoms with Crippen molar-refractivity contribution in [1.29, 1.82) is 0 Å². The van der Waals surface area contributed by atoms with Crippen LogP contribution >= 0.6 is 23.2 Å². The van der Waals surface area contributed by atoms with Crippen LogP contribution in [0.4, 0.5) is 0 Å². The van der Waals surface area contributed by atoms with Gasteiger partial charge in [0.15, 0.2) is 0 Å². The van der Waals surface area contributed by atoms with Crippen molar-refractivity contribution in [2.45, 2.75) is 50.3 Å². The van der Waals surface area contributed by atoms with Crippen molar-refractivity contribution in [2.75, 3.05) is 0 Å². The summed E-state index contributed by atoms with van der Waals surface area (Å²) in [6.07, 6.45) is 4.79. The number of unbranched alkanes of at least 4 members (excludes halogenated alkanes) is 2. The van der Waals surface area contributed by atoms with Crippen molar-refractivity contribution in [3.63, 3.8) is 0 Å². The van der Waals surface area contributed by atoms with Gasteiger partial charge in [0, 0.05) is 10.8 Å². The van der Waals surface area contributed by atoms with Gasteiger partial charge in [0.25, 0.3) is 0 Å². The van der Waals surface area contributed by atoms with E-state index < -0.39 is 0 Å². The van der Waals surface area contributed by atoms with E-state index in [1.54, 1.807) is 0 Å². The third-order valence-corrected chi connectivity index (χ3v) is 2.61. The molecule has 0 radical (unpaired) electrons. The Balaban J connectivity index is 3.13. The third kappa shape index (κ3) is 5.37. The Kier molecular flexibility index (Phi) is 6.67. The Morgan fingerprint density at radius 3 is 2.20 bits per heavy atom. The average Bonchev–Trinajstić information content (AvgIpc) is 1.88. The molecule has 0 fully saturated rings. The minimum Gasteiger partial charge on any atom is -0.122 e. The minimum absolute atomic E-state index is 0.110. The molecule has 0 saturated heterocycles. The van der Waals surface area contributed by atoms with E-state index in [1.807, 2.05) is 6.92 Å². The van der Waals surface area contributed by atoms with Crippen molar-refractivity contribution in [3.8, 4) is 0 Å². The minimum atomic E-state index is 0.110. The van der Waals surface area contributed by atoms with Gasteiger partial charge in [0.2, 0.25) is 0 Å². The Morgan fingerprint density at radius 2 is 1.80 bits per heavy atom. The van der Waals surface area contributed by atoms with Crippen LogP contribution < -0.4 is 0 Å². The maximum Gasteiger partial charge on any atom is 0.0497 e. The van der Waals surface area contributed by atoms with E-state index in [0.29, 0.717) is 0 Å². The summed E-state index contributed by atoms with van der Waals surface area (Å²) in [6.45, 7) is 4.14. The summed E-state index contributed by atoms with van der Waals surface area (Å²) in [4.78, 5) is 0. The highest BCUT2D eigenvalue weighted by atomic mass is 35.5. The molecule has 0 bridgehead atoms. The van der Waals surface area contributed by atoms with Crippen LogP contribution in [0.25, 0.3) is 0 Å². The number of hydrogen-bond acceptors (Lipinski definition) is 0. The summed E-state index contributed by atoms with van der Waals surface area (Å²) in [5.74, 6) is 0. The summed E-state index contributed by atoms with van der Waals surface area (Å²) >= 11 is 11.7.